The predicted octanol–water partition coefficient (Wildman–Crippen LogP) is 4.61. The van der Waals surface area contributed by atoms with Crippen molar-refractivity contribution in [2.45, 2.75) is 37.9 Å². The minimum Gasteiger partial charge on any atom is -0.493 e. The second-order valence-electron chi connectivity index (χ2n) is 5.37. The van der Waals surface area contributed by atoms with E-state index in [-0.39, 0.29) is 0 Å². The van der Waals surface area contributed by atoms with Gasteiger partial charge in [-0.3, -0.25) is 0 Å². The molecule has 0 N–H and O–H groups in total. The van der Waals surface area contributed by atoms with Gasteiger partial charge in [0.1, 0.15) is 5.75 Å². The van der Waals surface area contributed by atoms with Gasteiger partial charge in [0.25, 0.3) is 0 Å². The highest BCUT2D eigenvalue weighted by atomic mass is 79.9. The molecule has 0 radical (unpaired) electrons. The third-order valence-electron chi connectivity index (χ3n) is 3.80. The quantitative estimate of drug-likeness (QED) is 0.738. The van der Waals surface area contributed by atoms with Crippen molar-refractivity contribution in [3.8, 4) is 5.75 Å². The largest absolute Gasteiger partial charge is 0.493 e. The molecule has 2 rings (SSSR count). The lowest BCUT2D eigenvalue weighted by atomic mass is 9.82. The van der Waals surface area contributed by atoms with Crippen LogP contribution in [0.3, 0.4) is 0 Å². The lowest BCUT2D eigenvalue weighted by Gasteiger charge is -2.26. The van der Waals surface area contributed by atoms with Gasteiger partial charge < -0.3 is 4.74 Å². The van der Waals surface area contributed by atoms with Gasteiger partial charge in [0.2, 0.25) is 0 Å². The average molecular weight is 297 g/mol. The Morgan fingerprint density at radius 2 is 2.00 bits per heavy atom. The SMILES string of the molecule is CC(C)C(CC1COc2ccccc21)C(C)Br. The molecule has 0 aliphatic carbocycles. The summed E-state index contributed by atoms with van der Waals surface area (Å²) in [5.74, 6) is 3.06. The van der Waals surface area contributed by atoms with Gasteiger partial charge in [0, 0.05) is 16.3 Å². The zero-order valence-electron chi connectivity index (χ0n) is 10.8. The Morgan fingerprint density at radius 3 is 2.65 bits per heavy atom. The first-order valence-corrected chi connectivity index (χ1v) is 7.37. The molecular weight excluding hydrogens is 276 g/mol. The number of halogens is 1. The summed E-state index contributed by atoms with van der Waals surface area (Å²) in [5, 5.41) is 0. The summed E-state index contributed by atoms with van der Waals surface area (Å²) in [4.78, 5) is 0.565. The van der Waals surface area contributed by atoms with Crippen LogP contribution in [-0.2, 0) is 0 Å². The molecule has 17 heavy (non-hydrogen) atoms. The number of rotatable bonds is 4. The summed E-state index contributed by atoms with van der Waals surface area (Å²) < 4.78 is 5.76. The lowest BCUT2D eigenvalue weighted by Crippen LogP contribution is -2.21. The maximum absolute atomic E-state index is 5.76. The molecule has 3 unspecified atom stereocenters. The fourth-order valence-electron chi connectivity index (χ4n) is 2.74. The van der Waals surface area contributed by atoms with E-state index >= 15 is 0 Å². The summed E-state index contributed by atoms with van der Waals surface area (Å²) in [6.07, 6.45) is 1.21. The van der Waals surface area contributed by atoms with Crippen molar-refractivity contribution >= 4 is 15.9 Å². The molecule has 0 bridgehead atoms. The van der Waals surface area contributed by atoms with Gasteiger partial charge in [-0.15, -0.1) is 0 Å². The van der Waals surface area contributed by atoms with Crippen LogP contribution in [0.1, 0.15) is 38.7 Å². The predicted molar refractivity (Wildman–Crippen MR) is 76.0 cm³/mol. The van der Waals surface area contributed by atoms with Crippen LogP contribution in [0, 0.1) is 11.8 Å². The molecule has 1 heterocycles. The van der Waals surface area contributed by atoms with Crippen LogP contribution >= 0.6 is 15.9 Å². The van der Waals surface area contributed by atoms with Crippen molar-refractivity contribution in [1.82, 2.24) is 0 Å². The Bertz CT molecular complexity index is 365. The van der Waals surface area contributed by atoms with E-state index in [2.05, 4.69) is 54.9 Å². The van der Waals surface area contributed by atoms with Crippen molar-refractivity contribution in [3.63, 3.8) is 0 Å². The Kier molecular flexibility index (Phi) is 4.13. The van der Waals surface area contributed by atoms with Crippen LogP contribution in [0.2, 0.25) is 0 Å². The van der Waals surface area contributed by atoms with E-state index in [1.807, 2.05) is 6.07 Å². The molecule has 0 aromatic heterocycles. The molecule has 1 aliphatic rings. The number of benzene rings is 1. The summed E-state index contributed by atoms with van der Waals surface area (Å²) in [6.45, 7) is 7.73. The van der Waals surface area contributed by atoms with Gasteiger partial charge in [-0.25, -0.2) is 0 Å². The second kappa shape index (κ2) is 5.43. The van der Waals surface area contributed by atoms with Crippen molar-refractivity contribution in [2.24, 2.45) is 11.8 Å². The fraction of sp³-hybridized carbons (Fsp3) is 0.600. The zero-order valence-corrected chi connectivity index (χ0v) is 12.4. The van der Waals surface area contributed by atoms with Gasteiger partial charge in [0.15, 0.2) is 0 Å². The van der Waals surface area contributed by atoms with E-state index in [1.165, 1.54) is 12.0 Å². The summed E-state index contributed by atoms with van der Waals surface area (Å²) in [6, 6.07) is 8.46. The smallest absolute Gasteiger partial charge is 0.122 e. The van der Waals surface area contributed by atoms with Crippen molar-refractivity contribution in [1.29, 1.82) is 0 Å². The highest BCUT2D eigenvalue weighted by Crippen LogP contribution is 2.40. The van der Waals surface area contributed by atoms with Crippen LogP contribution in [0.15, 0.2) is 24.3 Å². The van der Waals surface area contributed by atoms with Crippen LogP contribution in [0.5, 0.6) is 5.75 Å². The third kappa shape index (κ3) is 2.85. The maximum atomic E-state index is 5.76. The monoisotopic (exact) mass is 296 g/mol. The van der Waals surface area contributed by atoms with E-state index in [4.69, 9.17) is 4.74 Å². The van der Waals surface area contributed by atoms with E-state index < -0.39 is 0 Å². The molecule has 0 saturated carbocycles. The van der Waals surface area contributed by atoms with Crippen LogP contribution < -0.4 is 4.74 Å². The third-order valence-corrected chi connectivity index (χ3v) is 4.48. The average Bonchev–Trinajstić information content (AvgIpc) is 2.68. The van der Waals surface area contributed by atoms with Crippen molar-refractivity contribution in [3.05, 3.63) is 29.8 Å². The van der Waals surface area contributed by atoms with E-state index in [1.54, 1.807) is 0 Å². The molecule has 1 aromatic rings. The van der Waals surface area contributed by atoms with E-state index in [9.17, 15) is 0 Å². The molecule has 94 valence electrons. The lowest BCUT2D eigenvalue weighted by molar-refractivity contribution is 0.279. The molecule has 0 spiro atoms. The van der Waals surface area contributed by atoms with Gasteiger partial charge in [-0.05, 0) is 24.3 Å². The Labute approximate surface area is 113 Å². The van der Waals surface area contributed by atoms with Crippen LogP contribution in [-0.4, -0.2) is 11.4 Å². The van der Waals surface area contributed by atoms with E-state index in [0.29, 0.717) is 22.6 Å². The molecule has 1 nitrogen and oxygen atoms in total. The maximum Gasteiger partial charge on any atom is 0.122 e. The van der Waals surface area contributed by atoms with Gasteiger partial charge in [-0.1, -0.05) is 54.9 Å². The normalized spacial score (nSPS) is 22.1. The summed E-state index contributed by atoms with van der Waals surface area (Å²) in [7, 11) is 0. The minimum atomic E-state index is 0.565. The number of para-hydroxylation sites is 1. The molecule has 0 fully saturated rings. The Hall–Kier alpha value is -0.500. The molecule has 1 aromatic carbocycles. The zero-order chi connectivity index (χ0) is 12.4. The number of alkyl halides is 1. The molecule has 1 aliphatic heterocycles. The number of hydrogen-bond acceptors (Lipinski definition) is 1. The fourth-order valence-corrected chi connectivity index (χ4v) is 3.57. The molecular formula is C15H21BrO. The topological polar surface area (TPSA) is 9.23 Å². The molecule has 2 heteroatoms. The summed E-state index contributed by atoms with van der Waals surface area (Å²) >= 11 is 3.75. The number of fused-ring (bicyclic) bond motifs is 1. The van der Waals surface area contributed by atoms with E-state index in [0.717, 1.165) is 12.4 Å². The van der Waals surface area contributed by atoms with Gasteiger partial charge in [0.05, 0.1) is 6.61 Å². The van der Waals surface area contributed by atoms with Crippen LogP contribution in [0.25, 0.3) is 0 Å². The van der Waals surface area contributed by atoms with Crippen molar-refractivity contribution in [2.75, 3.05) is 6.61 Å². The molecule has 0 amide bonds. The highest BCUT2D eigenvalue weighted by molar-refractivity contribution is 9.09. The van der Waals surface area contributed by atoms with Gasteiger partial charge >= 0.3 is 0 Å². The second-order valence-corrected chi connectivity index (χ2v) is 6.81. The van der Waals surface area contributed by atoms with Crippen molar-refractivity contribution < 1.29 is 4.74 Å². The highest BCUT2D eigenvalue weighted by Gasteiger charge is 2.29. The molecule has 3 atom stereocenters. The first-order valence-electron chi connectivity index (χ1n) is 6.45. The Balaban J connectivity index is 2.10. The summed E-state index contributed by atoms with van der Waals surface area (Å²) in [5.41, 5.74) is 1.39. The Morgan fingerprint density at radius 1 is 1.29 bits per heavy atom. The van der Waals surface area contributed by atoms with Gasteiger partial charge in [-0.2, -0.15) is 0 Å². The first kappa shape index (κ1) is 12.9. The standard InChI is InChI=1S/C15H21BrO/c1-10(2)14(11(3)16)8-12-9-17-15-7-5-4-6-13(12)15/h4-7,10-12,14H,8-9H2,1-3H3. The van der Waals surface area contributed by atoms with Crippen LogP contribution in [0.4, 0.5) is 0 Å². The minimum absolute atomic E-state index is 0.565. The number of ether oxygens (including phenoxy) is 1. The number of hydrogen-bond donors (Lipinski definition) is 0. The first-order chi connectivity index (χ1) is 8.09. The molecule has 0 saturated heterocycles.